The number of rotatable bonds is 2. The molecule has 0 aliphatic carbocycles. The number of alkyl halides is 10. The van der Waals surface area contributed by atoms with Crippen LogP contribution in [0.1, 0.15) is 11.6 Å². The fourth-order valence-corrected chi connectivity index (χ4v) is 0.884. The summed E-state index contributed by atoms with van der Waals surface area (Å²) in [7, 11) is 0. The molecule has 1 rings (SSSR count). The average Bonchev–Trinajstić information content (AvgIpc) is 2.24. The molecule has 120 valence electrons. The number of hydrogen-bond donors (Lipinski definition) is 0. The van der Waals surface area contributed by atoms with Gasteiger partial charge in [-0.25, -0.2) is 4.98 Å². The van der Waals surface area contributed by atoms with E-state index in [1.165, 1.54) is 0 Å². The van der Waals surface area contributed by atoms with Crippen molar-refractivity contribution in [3.8, 4) is 0 Å². The first-order valence-electron chi connectivity index (χ1n) is 4.42. The van der Waals surface area contributed by atoms with Gasteiger partial charge in [0.05, 0.1) is 0 Å². The minimum absolute atomic E-state index is 1.71. The Kier molecular flexibility index (Phi) is 3.81. The van der Waals surface area contributed by atoms with E-state index in [0.29, 0.717) is 0 Å². The molecule has 21 heavy (non-hydrogen) atoms. The Morgan fingerprint density at radius 3 is 1.05 bits per heavy atom. The molecule has 0 saturated carbocycles. The number of halogens is 11. The van der Waals surface area contributed by atoms with Crippen LogP contribution in [0.4, 0.5) is 48.3 Å². The zero-order valence-corrected chi connectivity index (χ0v) is 9.00. The minimum Gasteiger partial charge on any atom is -0.205 e. The van der Waals surface area contributed by atoms with E-state index in [2.05, 4.69) is 0 Å². The summed E-state index contributed by atoms with van der Waals surface area (Å²) in [6.45, 7) is 0. The first-order chi connectivity index (χ1) is 9.10. The van der Waals surface area contributed by atoms with Crippen LogP contribution < -0.4 is 0 Å². The van der Waals surface area contributed by atoms with Crippen molar-refractivity contribution in [2.75, 3.05) is 0 Å². The average molecular weight is 335 g/mol. The highest BCUT2D eigenvalue weighted by molar-refractivity contribution is 5.07. The van der Waals surface area contributed by atoms with Gasteiger partial charge in [-0.1, -0.05) is 0 Å². The first-order valence-corrected chi connectivity index (χ1v) is 4.42. The van der Waals surface area contributed by atoms with E-state index in [1.807, 2.05) is 9.97 Å². The molecule has 14 heteroatoms. The van der Waals surface area contributed by atoms with Gasteiger partial charge in [0.15, 0.2) is 0 Å². The zero-order valence-electron chi connectivity index (χ0n) is 9.00. The van der Waals surface area contributed by atoms with E-state index in [9.17, 15) is 48.3 Å². The monoisotopic (exact) mass is 335 g/mol. The van der Waals surface area contributed by atoms with E-state index in [4.69, 9.17) is 0 Å². The third-order valence-electron chi connectivity index (χ3n) is 1.88. The lowest BCUT2D eigenvalue weighted by atomic mass is 10.2. The van der Waals surface area contributed by atoms with Crippen molar-refractivity contribution in [3.63, 3.8) is 0 Å². The van der Waals surface area contributed by atoms with Gasteiger partial charge in [0.25, 0.3) is 0 Å². The first kappa shape index (κ1) is 17.3. The van der Waals surface area contributed by atoms with Crippen LogP contribution in [0.15, 0.2) is 0 Å². The van der Waals surface area contributed by atoms with Gasteiger partial charge in [0.2, 0.25) is 11.6 Å². The summed E-state index contributed by atoms with van der Waals surface area (Å²) >= 11 is 0. The lowest BCUT2D eigenvalue weighted by molar-refractivity contribution is -0.298. The molecule has 1 aromatic rings. The van der Waals surface area contributed by atoms with Gasteiger partial charge in [0.1, 0.15) is 0 Å². The van der Waals surface area contributed by atoms with Crippen molar-refractivity contribution < 1.29 is 48.3 Å². The molecule has 0 aliphatic heterocycles. The van der Waals surface area contributed by atoms with E-state index in [0.717, 1.165) is 0 Å². The second-order valence-electron chi connectivity index (χ2n) is 3.40. The van der Waals surface area contributed by atoms with Crippen molar-refractivity contribution in [2.45, 2.75) is 24.2 Å². The molecule has 0 aliphatic rings. The smallest absolute Gasteiger partial charge is 0.205 e. The molecule has 1 heterocycles. The highest BCUT2D eigenvalue weighted by Crippen LogP contribution is 2.45. The molecule has 0 spiro atoms. The number of aromatic nitrogens is 3. The second kappa shape index (κ2) is 4.62. The Balaban J connectivity index is 3.50. The molecule has 0 fully saturated rings. The second-order valence-corrected chi connectivity index (χ2v) is 3.40. The summed E-state index contributed by atoms with van der Waals surface area (Å²) in [5, 5.41) is 0. The molecule has 0 unspecified atom stereocenters. The van der Waals surface area contributed by atoms with Crippen LogP contribution in [0, 0.1) is 6.08 Å². The van der Waals surface area contributed by atoms with Gasteiger partial charge in [-0.2, -0.15) is 58.3 Å². The van der Waals surface area contributed by atoms with Crippen LogP contribution in [0.2, 0.25) is 0 Å². The van der Waals surface area contributed by atoms with Gasteiger partial charge in [-0.3, -0.25) is 0 Å². The highest BCUT2D eigenvalue weighted by atomic mass is 19.4. The highest BCUT2D eigenvalue weighted by Gasteiger charge is 2.64. The fourth-order valence-electron chi connectivity index (χ4n) is 0.884. The summed E-state index contributed by atoms with van der Waals surface area (Å²) in [6.07, 6.45) is -15.5. The van der Waals surface area contributed by atoms with E-state index in [-0.39, 0.29) is 0 Å². The molecular formula is C7F11N3. The predicted octanol–water partition coefficient (Wildman–Crippen LogP) is 3.32. The maximum Gasteiger partial charge on any atom is 0.461 e. The van der Waals surface area contributed by atoms with Crippen molar-refractivity contribution in [2.24, 2.45) is 0 Å². The van der Waals surface area contributed by atoms with Gasteiger partial charge in [-0.05, 0) is 0 Å². The summed E-state index contributed by atoms with van der Waals surface area (Å²) in [5.41, 5.74) is 0. The fraction of sp³-hybridized carbons (Fsp3) is 0.571. The molecule has 0 aromatic carbocycles. The van der Waals surface area contributed by atoms with E-state index < -0.39 is 41.9 Å². The Morgan fingerprint density at radius 1 is 0.524 bits per heavy atom. The maximum absolute atomic E-state index is 12.7. The third-order valence-corrected chi connectivity index (χ3v) is 1.88. The molecule has 0 atom stereocenters. The molecule has 0 radical (unpaired) electrons. The number of hydrogen-bond acceptors (Lipinski definition) is 3. The van der Waals surface area contributed by atoms with Gasteiger partial charge >= 0.3 is 30.3 Å². The third kappa shape index (κ3) is 2.97. The summed E-state index contributed by atoms with van der Waals surface area (Å²) in [4.78, 5) is 5.32. The lowest BCUT2D eigenvalue weighted by Crippen LogP contribution is -2.40. The van der Waals surface area contributed by atoms with Crippen molar-refractivity contribution in [1.82, 2.24) is 15.0 Å². The standard InChI is InChI=1S/C7F11N3/c8-3-20-1(4(9,10)6(13,14)15)19-2(21-3)5(11,12)7(16,17)18. The van der Waals surface area contributed by atoms with Gasteiger partial charge in [0, 0.05) is 0 Å². The van der Waals surface area contributed by atoms with Gasteiger partial charge in [-0.15, -0.1) is 0 Å². The Bertz CT molecular complexity index is 487. The molecule has 0 amide bonds. The van der Waals surface area contributed by atoms with Crippen LogP contribution in [0.5, 0.6) is 0 Å². The summed E-state index contributed by atoms with van der Waals surface area (Å²) in [5.74, 6) is -17.9. The van der Waals surface area contributed by atoms with Crippen LogP contribution in [-0.4, -0.2) is 27.3 Å². The summed E-state index contributed by atoms with van der Waals surface area (Å²) < 4.78 is 135. The van der Waals surface area contributed by atoms with Crippen molar-refractivity contribution >= 4 is 0 Å². The zero-order chi connectivity index (χ0) is 16.9. The molecule has 0 N–H and O–H groups in total. The molecule has 0 saturated heterocycles. The van der Waals surface area contributed by atoms with Crippen LogP contribution in [-0.2, 0) is 11.8 Å². The van der Waals surface area contributed by atoms with Crippen molar-refractivity contribution in [1.29, 1.82) is 0 Å². The molecular weight excluding hydrogens is 335 g/mol. The topological polar surface area (TPSA) is 38.7 Å². The summed E-state index contributed by atoms with van der Waals surface area (Å²) in [6, 6.07) is 0. The van der Waals surface area contributed by atoms with Crippen LogP contribution >= 0.6 is 0 Å². The van der Waals surface area contributed by atoms with E-state index in [1.54, 1.807) is 4.98 Å². The largest absolute Gasteiger partial charge is 0.461 e. The van der Waals surface area contributed by atoms with Crippen LogP contribution in [0.3, 0.4) is 0 Å². The number of nitrogens with zero attached hydrogens (tertiary/aromatic N) is 3. The van der Waals surface area contributed by atoms with Gasteiger partial charge < -0.3 is 0 Å². The normalized spacial score (nSPS) is 14.4. The Hall–Kier alpha value is -1.76. The SMILES string of the molecule is Fc1nc(C(F)(F)C(F)(F)F)nc(C(F)(F)C(F)(F)F)n1. The van der Waals surface area contributed by atoms with Crippen LogP contribution in [0.25, 0.3) is 0 Å². The Labute approximate surface area is 106 Å². The molecule has 3 nitrogen and oxygen atoms in total. The molecule has 0 bridgehead atoms. The predicted molar refractivity (Wildman–Crippen MR) is 39.7 cm³/mol. The maximum atomic E-state index is 12.7. The van der Waals surface area contributed by atoms with E-state index >= 15 is 0 Å². The lowest BCUT2D eigenvalue weighted by Gasteiger charge is -2.21. The van der Waals surface area contributed by atoms with Crippen molar-refractivity contribution in [3.05, 3.63) is 17.7 Å². The minimum atomic E-state index is -6.44. The Morgan fingerprint density at radius 2 is 0.810 bits per heavy atom. The molecule has 1 aromatic heterocycles. The quantitative estimate of drug-likeness (QED) is 0.779.